The molecule has 7 aromatic carbocycles. The molecular formula is C51H42N2Si2. The highest BCUT2D eigenvalue weighted by molar-refractivity contribution is 7.05. The number of hydrogen-bond acceptors (Lipinski definition) is 2. The van der Waals surface area contributed by atoms with E-state index >= 15 is 0 Å². The molecule has 2 nitrogen and oxygen atoms in total. The van der Waals surface area contributed by atoms with Gasteiger partial charge in [0.25, 0.3) is 0 Å². The van der Waals surface area contributed by atoms with Crippen molar-refractivity contribution in [2.45, 2.75) is 32.2 Å². The van der Waals surface area contributed by atoms with E-state index in [1.54, 1.807) is 0 Å². The second-order valence-corrected chi connectivity index (χ2v) is 24.7. The van der Waals surface area contributed by atoms with Crippen molar-refractivity contribution >= 4 is 48.4 Å². The number of benzene rings is 7. The Kier molecular flexibility index (Phi) is 7.67. The molecule has 1 atom stereocenters. The Morgan fingerprint density at radius 2 is 0.873 bits per heavy atom. The Balaban J connectivity index is 1.26. The van der Waals surface area contributed by atoms with Crippen molar-refractivity contribution in [2.75, 3.05) is 0 Å². The summed E-state index contributed by atoms with van der Waals surface area (Å²) in [5.74, 6) is 0.762. The number of fused-ring (bicyclic) bond motifs is 6. The maximum atomic E-state index is 5.76. The van der Waals surface area contributed by atoms with Crippen LogP contribution < -0.4 is 20.7 Å². The Morgan fingerprint density at radius 3 is 1.44 bits per heavy atom. The second kappa shape index (κ2) is 12.6. The molecule has 1 unspecified atom stereocenters. The third kappa shape index (κ3) is 5.05. The lowest BCUT2D eigenvalue weighted by Crippen LogP contribution is -2.50. The highest BCUT2D eigenvalue weighted by Crippen LogP contribution is 2.43. The van der Waals surface area contributed by atoms with Crippen LogP contribution in [0.25, 0.3) is 44.5 Å². The van der Waals surface area contributed by atoms with Crippen molar-refractivity contribution < 1.29 is 0 Å². The summed E-state index contributed by atoms with van der Waals surface area (Å²) in [5, 5.41) is 5.93. The van der Waals surface area contributed by atoms with Gasteiger partial charge in [0.2, 0.25) is 0 Å². The van der Waals surface area contributed by atoms with Gasteiger partial charge < -0.3 is 0 Å². The first-order chi connectivity index (χ1) is 26.7. The van der Waals surface area contributed by atoms with E-state index in [0.717, 1.165) is 28.2 Å². The van der Waals surface area contributed by atoms with Crippen molar-refractivity contribution in [1.82, 2.24) is 0 Å². The molecule has 10 rings (SSSR count). The molecule has 0 aromatic heterocycles. The van der Waals surface area contributed by atoms with Gasteiger partial charge in [0, 0.05) is 16.7 Å². The molecule has 0 radical (unpaired) electrons. The summed E-state index contributed by atoms with van der Waals surface area (Å²) < 4.78 is 0. The normalized spacial score (nSPS) is 17.1. The minimum absolute atomic E-state index is 0.337. The molecule has 0 spiro atoms. The molecule has 0 bridgehead atoms. The van der Waals surface area contributed by atoms with Crippen molar-refractivity contribution in [3.05, 3.63) is 193 Å². The Hall–Kier alpha value is -5.95. The number of hydrogen-bond donors (Lipinski definition) is 0. The molecule has 0 saturated heterocycles. The zero-order valence-electron chi connectivity index (χ0n) is 31.8. The molecule has 3 heterocycles. The molecule has 0 aliphatic carbocycles. The Labute approximate surface area is 326 Å². The van der Waals surface area contributed by atoms with Gasteiger partial charge in [0.05, 0.1) is 5.71 Å². The molecule has 0 amide bonds. The molecule has 4 heteroatoms. The highest BCUT2D eigenvalue weighted by Gasteiger charge is 2.43. The van der Waals surface area contributed by atoms with Crippen LogP contribution in [-0.2, 0) is 0 Å². The molecule has 3 aliphatic rings. The van der Waals surface area contributed by atoms with Crippen LogP contribution in [0.2, 0.25) is 26.2 Å². The van der Waals surface area contributed by atoms with Gasteiger partial charge in [-0.2, -0.15) is 0 Å². The van der Waals surface area contributed by atoms with E-state index in [1.165, 1.54) is 70.8 Å². The minimum atomic E-state index is -2.11. The smallest absolute Gasteiger partial charge is 0.156 e. The molecule has 3 aliphatic heterocycles. The molecule has 7 aromatic rings. The van der Waals surface area contributed by atoms with Crippen LogP contribution in [0.15, 0.2) is 186 Å². The van der Waals surface area contributed by atoms with Gasteiger partial charge in [-0.15, -0.1) is 0 Å². The van der Waals surface area contributed by atoms with Gasteiger partial charge in [-0.3, -0.25) is 4.99 Å². The van der Waals surface area contributed by atoms with Gasteiger partial charge in [0.15, 0.2) is 5.84 Å². The zero-order valence-corrected chi connectivity index (χ0v) is 33.8. The SMILES string of the molecule is C=C1C(c2ccccc2)=NC(c2ccc3c(c2-c2ccccc2)[Si](C)(C)c2ccccc2-3)=NC1c1ccc2c(c1-c1ccccc1)[Si](C)(C)c1ccccc1-2. The van der Waals surface area contributed by atoms with E-state index < -0.39 is 16.1 Å². The van der Waals surface area contributed by atoms with Crippen molar-refractivity contribution in [1.29, 1.82) is 0 Å². The van der Waals surface area contributed by atoms with E-state index in [0.29, 0.717) is 0 Å². The van der Waals surface area contributed by atoms with Gasteiger partial charge >= 0.3 is 0 Å². The van der Waals surface area contributed by atoms with E-state index in [1.807, 2.05) is 0 Å². The maximum Gasteiger partial charge on any atom is 0.156 e. The van der Waals surface area contributed by atoms with Gasteiger partial charge in [-0.05, 0) is 76.9 Å². The molecule has 0 fully saturated rings. The van der Waals surface area contributed by atoms with Crippen LogP contribution in [0.3, 0.4) is 0 Å². The standard InChI is InChI=1S/C51H42N2Si2/c1-33-47(36-23-13-8-14-24-36)52-51(42-32-30-40-38-26-16-18-28-44(38)55(4,5)50(40)46(42)35-21-11-7-12-22-35)53-48(33)41-31-29-39-37-25-15-17-27-43(37)54(2,3)49(39)45(41)34-19-9-6-10-20-34/h6-32,48H,1H2,2-5H3. The van der Waals surface area contributed by atoms with E-state index in [-0.39, 0.29) is 6.04 Å². The first-order valence-corrected chi connectivity index (χ1v) is 25.3. The van der Waals surface area contributed by atoms with Crippen LogP contribution in [0.5, 0.6) is 0 Å². The summed E-state index contributed by atoms with van der Waals surface area (Å²) in [7, 11) is -4.21. The highest BCUT2D eigenvalue weighted by atomic mass is 28.3. The third-order valence-corrected chi connectivity index (χ3v) is 19.4. The number of nitrogens with zero attached hydrogens (tertiary/aromatic N) is 2. The first-order valence-electron chi connectivity index (χ1n) is 19.3. The zero-order chi connectivity index (χ0) is 37.5. The fourth-order valence-corrected chi connectivity index (χ4v) is 16.7. The average Bonchev–Trinajstić information content (AvgIpc) is 3.61. The summed E-state index contributed by atoms with van der Waals surface area (Å²) in [6.45, 7) is 14.9. The second-order valence-electron chi connectivity index (χ2n) is 16.1. The lowest BCUT2D eigenvalue weighted by Gasteiger charge is -2.30. The monoisotopic (exact) mass is 738 g/mol. The quantitative estimate of drug-likeness (QED) is 0.157. The summed E-state index contributed by atoms with van der Waals surface area (Å²) in [6.07, 6.45) is 0. The fourth-order valence-electron chi connectivity index (χ4n) is 9.77. The van der Waals surface area contributed by atoms with Crippen LogP contribution in [0, 0.1) is 0 Å². The predicted octanol–water partition coefficient (Wildman–Crippen LogP) is 10.2. The Morgan fingerprint density at radius 1 is 0.436 bits per heavy atom. The average molecular weight is 739 g/mol. The Bertz CT molecular complexity index is 2760. The lowest BCUT2D eigenvalue weighted by atomic mass is 9.85. The van der Waals surface area contributed by atoms with E-state index in [4.69, 9.17) is 16.6 Å². The van der Waals surface area contributed by atoms with Gasteiger partial charge in [-0.25, -0.2) is 4.99 Å². The molecule has 0 saturated carbocycles. The van der Waals surface area contributed by atoms with Crippen LogP contribution >= 0.6 is 0 Å². The molecule has 264 valence electrons. The van der Waals surface area contributed by atoms with E-state index in [9.17, 15) is 0 Å². The van der Waals surface area contributed by atoms with E-state index in [2.05, 4.69) is 190 Å². The summed E-state index contributed by atoms with van der Waals surface area (Å²) in [4.78, 5) is 11.3. The van der Waals surface area contributed by atoms with Crippen LogP contribution in [0.4, 0.5) is 0 Å². The largest absolute Gasteiger partial charge is 0.253 e. The topological polar surface area (TPSA) is 24.7 Å². The molecular weight excluding hydrogens is 697 g/mol. The maximum absolute atomic E-state index is 5.76. The first kappa shape index (κ1) is 33.6. The fraction of sp³-hybridized carbons (Fsp3) is 0.0980. The summed E-state index contributed by atoms with van der Waals surface area (Å²) in [6, 6.07) is 59.6. The van der Waals surface area contributed by atoms with Gasteiger partial charge in [-0.1, -0.05) is 190 Å². The van der Waals surface area contributed by atoms with Crippen LogP contribution in [0.1, 0.15) is 22.7 Å². The van der Waals surface area contributed by atoms with Crippen molar-refractivity contribution in [3.63, 3.8) is 0 Å². The molecule has 55 heavy (non-hydrogen) atoms. The number of amidine groups is 1. The van der Waals surface area contributed by atoms with Crippen LogP contribution in [-0.4, -0.2) is 27.7 Å². The third-order valence-electron chi connectivity index (χ3n) is 12.3. The lowest BCUT2D eigenvalue weighted by molar-refractivity contribution is 0.877. The minimum Gasteiger partial charge on any atom is -0.253 e. The van der Waals surface area contributed by atoms with Crippen molar-refractivity contribution in [2.24, 2.45) is 9.98 Å². The van der Waals surface area contributed by atoms with Crippen molar-refractivity contribution in [3.8, 4) is 44.5 Å². The summed E-state index contributed by atoms with van der Waals surface area (Å²) >= 11 is 0. The number of rotatable bonds is 5. The summed E-state index contributed by atoms with van der Waals surface area (Å²) in [5.41, 5.74) is 15.6. The predicted molar refractivity (Wildman–Crippen MR) is 240 cm³/mol. The van der Waals surface area contributed by atoms with Gasteiger partial charge in [0.1, 0.15) is 22.2 Å². The molecule has 0 N–H and O–H groups in total. The number of aliphatic imine (C=N–C) groups is 2.